The van der Waals surface area contributed by atoms with Crippen LogP contribution in [0.25, 0.3) is 11.4 Å². The second-order valence-corrected chi connectivity index (χ2v) is 6.55. The number of aromatic nitrogens is 2. The first-order valence-corrected chi connectivity index (χ1v) is 9.30. The third kappa shape index (κ3) is 5.07. The molecule has 0 radical (unpaired) electrons. The maximum Gasteiger partial charge on any atom is 0.338 e. The molecule has 0 amide bonds. The summed E-state index contributed by atoms with van der Waals surface area (Å²) in [4.78, 5) is 21.1. The first-order chi connectivity index (χ1) is 13.5. The molecule has 6 heteroatoms. The molecule has 3 rings (SSSR count). The van der Waals surface area contributed by atoms with Crippen LogP contribution in [0, 0.1) is 0 Å². The molecule has 0 aliphatic carbocycles. The first kappa shape index (κ1) is 19.4. The van der Waals surface area contributed by atoms with Crippen LogP contribution in [0.2, 0.25) is 0 Å². The van der Waals surface area contributed by atoms with Gasteiger partial charge in [0, 0.05) is 23.4 Å². The fraction of sp³-hybridized carbons (Fsp3) is 0.227. The molecule has 0 aliphatic heterocycles. The molecule has 0 fully saturated rings. The number of carbonyl (C=O) groups excluding carboxylic acids is 1. The van der Waals surface area contributed by atoms with Crippen molar-refractivity contribution < 1.29 is 9.53 Å². The van der Waals surface area contributed by atoms with Crippen LogP contribution in [0.15, 0.2) is 60.7 Å². The van der Waals surface area contributed by atoms with Gasteiger partial charge in [-0.2, -0.15) is 0 Å². The number of rotatable bonds is 7. The zero-order valence-electron chi connectivity index (χ0n) is 16.3. The normalized spacial score (nSPS) is 10.6. The summed E-state index contributed by atoms with van der Waals surface area (Å²) in [6, 6.07) is 19.1. The first-order valence-electron chi connectivity index (χ1n) is 9.30. The van der Waals surface area contributed by atoms with Crippen molar-refractivity contribution in [2.45, 2.75) is 26.8 Å². The van der Waals surface area contributed by atoms with Crippen molar-refractivity contribution in [2.24, 2.45) is 0 Å². The maximum absolute atomic E-state index is 11.8. The SMILES string of the molecule is CCOC(=O)c1ccc(Nc2cc(NC(C)C)nc(-c3ccccc3)n2)cc1. The van der Waals surface area contributed by atoms with Gasteiger partial charge in [0.25, 0.3) is 0 Å². The number of hydrogen-bond donors (Lipinski definition) is 2. The van der Waals surface area contributed by atoms with E-state index < -0.39 is 0 Å². The van der Waals surface area contributed by atoms with Crippen molar-refractivity contribution in [3.63, 3.8) is 0 Å². The van der Waals surface area contributed by atoms with E-state index in [9.17, 15) is 4.79 Å². The number of nitrogens with one attached hydrogen (secondary N) is 2. The molecule has 1 aromatic heterocycles. The van der Waals surface area contributed by atoms with Crippen LogP contribution >= 0.6 is 0 Å². The highest BCUT2D eigenvalue weighted by molar-refractivity contribution is 5.89. The highest BCUT2D eigenvalue weighted by Gasteiger charge is 2.09. The Morgan fingerprint density at radius 2 is 1.68 bits per heavy atom. The lowest BCUT2D eigenvalue weighted by Crippen LogP contribution is -2.12. The van der Waals surface area contributed by atoms with Crippen molar-refractivity contribution >= 4 is 23.3 Å². The smallest absolute Gasteiger partial charge is 0.338 e. The lowest BCUT2D eigenvalue weighted by molar-refractivity contribution is 0.0526. The van der Waals surface area contributed by atoms with Gasteiger partial charge in [-0.1, -0.05) is 30.3 Å². The zero-order valence-corrected chi connectivity index (χ0v) is 16.3. The second-order valence-electron chi connectivity index (χ2n) is 6.55. The molecule has 1 heterocycles. The van der Waals surface area contributed by atoms with Gasteiger partial charge in [0.1, 0.15) is 11.6 Å². The molecular weight excluding hydrogens is 352 g/mol. The van der Waals surface area contributed by atoms with E-state index in [4.69, 9.17) is 4.74 Å². The Bertz CT molecular complexity index is 925. The topological polar surface area (TPSA) is 76.1 Å². The van der Waals surface area contributed by atoms with E-state index in [1.807, 2.05) is 48.5 Å². The van der Waals surface area contributed by atoms with E-state index in [2.05, 4.69) is 34.4 Å². The summed E-state index contributed by atoms with van der Waals surface area (Å²) < 4.78 is 5.02. The number of anilines is 3. The summed E-state index contributed by atoms with van der Waals surface area (Å²) in [6.45, 7) is 6.26. The summed E-state index contributed by atoms with van der Waals surface area (Å²) in [5.41, 5.74) is 2.28. The van der Waals surface area contributed by atoms with Crippen LogP contribution in [-0.4, -0.2) is 28.6 Å². The fourth-order valence-corrected chi connectivity index (χ4v) is 2.65. The molecule has 0 atom stereocenters. The Balaban J connectivity index is 1.87. The summed E-state index contributed by atoms with van der Waals surface area (Å²) >= 11 is 0. The zero-order chi connectivity index (χ0) is 19.9. The molecule has 0 saturated heterocycles. The molecule has 28 heavy (non-hydrogen) atoms. The molecular formula is C22H24N4O2. The molecule has 6 nitrogen and oxygen atoms in total. The van der Waals surface area contributed by atoms with Gasteiger partial charge in [-0.3, -0.25) is 0 Å². The second kappa shape index (κ2) is 8.99. The molecule has 0 aliphatic rings. The van der Waals surface area contributed by atoms with E-state index in [-0.39, 0.29) is 12.0 Å². The third-order valence-electron chi connectivity index (χ3n) is 3.86. The van der Waals surface area contributed by atoms with Gasteiger partial charge in [0.15, 0.2) is 5.82 Å². The molecule has 0 saturated carbocycles. The number of benzene rings is 2. The summed E-state index contributed by atoms with van der Waals surface area (Å²) in [6.07, 6.45) is 0. The van der Waals surface area contributed by atoms with E-state index in [1.54, 1.807) is 19.1 Å². The van der Waals surface area contributed by atoms with Crippen LogP contribution in [0.5, 0.6) is 0 Å². The molecule has 2 N–H and O–H groups in total. The predicted molar refractivity (Wildman–Crippen MR) is 112 cm³/mol. The monoisotopic (exact) mass is 376 g/mol. The highest BCUT2D eigenvalue weighted by atomic mass is 16.5. The third-order valence-corrected chi connectivity index (χ3v) is 3.86. The Morgan fingerprint density at radius 1 is 1.00 bits per heavy atom. The minimum absolute atomic E-state index is 0.246. The fourth-order valence-electron chi connectivity index (χ4n) is 2.65. The van der Waals surface area contributed by atoms with Gasteiger partial charge in [0.2, 0.25) is 0 Å². The molecule has 0 bridgehead atoms. The lowest BCUT2D eigenvalue weighted by atomic mass is 10.2. The van der Waals surface area contributed by atoms with Gasteiger partial charge in [-0.15, -0.1) is 0 Å². The van der Waals surface area contributed by atoms with Crippen molar-refractivity contribution in [1.82, 2.24) is 9.97 Å². The average Bonchev–Trinajstić information content (AvgIpc) is 2.69. The predicted octanol–water partition coefficient (Wildman–Crippen LogP) is 4.88. The average molecular weight is 376 g/mol. The Morgan fingerprint density at radius 3 is 2.32 bits per heavy atom. The van der Waals surface area contributed by atoms with Crippen LogP contribution < -0.4 is 10.6 Å². The van der Waals surface area contributed by atoms with Crippen molar-refractivity contribution in [3.8, 4) is 11.4 Å². The van der Waals surface area contributed by atoms with Crippen molar-refractivity contribution in [3.05, 3.63) is 66.2 Å². The van der Waals surface area contributed by atoms with E-state index >= 15 is 0 Å². The van der Waals surface area contributed by atoms with Crippen molar-refractivity contribution in [2.75, 3.05) is 17.2 Å². The number of ether oxygens (including phenoxy) is 1. The van der Waals surface area contributed by atoms with Crippen LogP contribution in [0.4, 0.5) is 17.3 Å². The van der Waals surface area contributed by atoms with Gasteiger partial charge < -0.3 is 15.4 Å². The lowest BCUT2D eigenvalue weighted by Gasteiger charge is -2.13. The number of esters is 1. The van der Waals surface area contributed by atoms with Crippen LogP contribution in [0.3, 0.4) is 0 Å². The quantitative estimate of drug-likeness (QED) is 0.572. The Hall–Kier alpha value is -3.41. The molecule has 0 spiro atoms. The Labute approximate surface area is 165 Å². The van der Waals surface area contributed by atoms with E-state index in [0.717, 1.165) is 17.1 Å². The summed E-state index contributed by atoms with van der Waals surface area (Å²) in [5.74, 6) is 1.72. The molecule has 0 unspecified atom stereocenters. The number of nitrogens with zero attached hydrogens (tertiary/aromatic N) is 2. The largest absolute Gasteiger partial charge is 0.462 e. The van der Waals surface area contributed by atoms with Gasteiger partial charge in [-0.25, -0.2) is 14.8 Å². The van der Waals surface area contributed by atoms with Gasteiger partial charge in [-0.05, 0) is 45.0 Å². The highest BCUT2D eigenvalue weighted by Crippen LogP contribution is 2.23. The Kier molecular flexibility index (Phi) is 6.22. The molecule has 3 aromatic rings. The van der Waals surface area contributed by atoms with Crippen molar-refractivity contribution in [1.29, 1.82) is 0 Å². The van der Waals surface area contributed by atoms with Gasteiger partial charge >= 0.3 is 5.97 Å². The number of hydrogen-bond acceptors (Lipinski definition) is 6. The van der Waals surface area contributed by atoms with Crippen LogP contribution in [0.1, 0.15) is 31.1 Å². The van der Waals surface area contributed by atoms with E-state index in [0.29, 0.717) is 23.8 Å². The summed E-state index contributed by atoms with van der Waals surface area (Å²) in [7, 11) is 0. The molecule has 2 aromatic carbocycles. The van der Waals surface area contributed by atoms with Crippen LogP contribution in [-0.2, 0) is 4.74 Å². The minimum atomic E-state index is -0.328. The number of carbonyl (C=O) groups is 1. The molecule has 144 valence electrons. The van der Waals surface area contributed by atoms with E-state index in [1.165, 1.54) is 0 Å². The van der Waals surface area contributed by atoms with Gasteiger partial charge in [0.05, 0.1) is 12.2 Å². The standard InChI is InChI=1S/C22H24N4O2/c1-4-28-22(27)17-10-12-18(13-11-17)24-20-14-19(23-15(2)3)25-21(26-20)16-8-6-5-7-9-16/h5-15H,4H2,1-3H3,(H2,23,24,25,26). The maximum atomic E-state index is 11.8. The minimum Gasteiger partial charge on any atom is -0.462 e. The summed E-state index contributed by atoms with van der Waals surface area (Å²) in [5, 5.41) is 6.61.